The minimum Gasteiger partial charge on any atom is -0.504 e. The van der Waals surface area contributed by atoms with Crippen LogP contribution in [-0.2, 0) is 6.42 Å². The number of benzene rings is 2. The van der Waals surface area contributed by atoms with Gasteiger partial charge >= 0.3 is 0 Å². The summed E-state index contributed by atoms with van der Waals surface area (Å²) in [7, 11) is 0. The van der Waals surface area contributed by atoms with Crippen LogP contribution in [0.3, 0.4) is 0 Å². The molecule has 2 rings (SSSR count). The fourth-order valence-electron chi connectivity index (χ4n) is 2.76. The Morgan fingerprint density at radius 2 is 1.48 bits per heavy atom. The molecule has 1 N–H and O–H groups in total. The Balaban J connectivity index is 1.87. The highest BCUT2D eigenvalue weighted by Crippen LogP contribution is 2.35. The van der Waals surface area contributed by atoms with E-state index in [4.69, 9.17) is 4.74 Å². The molecule has 2 aromatic rings. The maximum Gasteiger partial charge on any atom is 0.172 e. The Morgan fingerprint density at radius 1 is 0.783 bits per heavy atom. The van der Waals surface area contributed by atoms with Crippen molar-refractivity contribution in [1.82, 2.24) is 0 Å². The normalized spacial score (nSPS) is 10.7. The van der Waals surface area contributed by atoms with Crippen LogP contribution < -0.4 is 4.74 Å². The summed E-state index contributed by atoms with van der Waals surface area (Å²) in [5.74, 6) is 1.58. The lowest BCUT2D eigenvalue weighted by Gasteiger charge is -2.12. The number of hydrogen-bond acceptors (Lipinski definition) is 2. The molecule has 2 heteroatoms. The summed E-state index contributed by atoms with van der Waals surface area (Å²) < 4.78 is 5.90. The smallest absolute Gasteiger partial charge is 0.172 e. The van der Waals surface area contributed by atoms with Crippen molar-refractivity contribution >= 4 is 0 Å². The molecule has 0 fully saturated rings. The lowest BCUT2D eigenvalue weighted by molar-refractivity contribution is 0.406. The molecular formula is C21H28O2. The number of hydrogen-bond donors (Lipinski definition) is 1. The molecule has 0 saturated heterocycles. The molecule has 0 bridgehead atoms. The van der Waals surface area contributed by atoms with Crippen LogP contribution >= 0.6 is 0 Å². The van der Waals surface area contributed by atoms with Crippen LogP contribution in [0, 0.1) is 0 Å². The molecule has 124 valence electrons. The third-order valence-corrected chi connectivity index (χ3v) is 4.09. The zero-order chi connectivity index (χ0) is 16.3. The average Bonchev–Trinajstić information content (AvgIpc) is 2.58. The molecule has 2 aromatic carbocycles. The molecule has 0 radical (unpaired) electrons. The molecule has 0 aromatic heterocycles. The van der Waals surface area contributed by atoms with E-state index < -0.39 is 0 Å². The summed E-state index contributed by atoms with van der Waals surface area (Å²) in [6, 6.07) is 15.3. The first-order valence-corrected chi connectivity index (χ1v) is 8.85. The van der Waals surface area contributed by atoms with Crippen LogP contribution in [0.1, 0.15) is 57.4 Å². The molecule has 0 amide bonds. The Hall–Kier alpha value is -1.96. The second-order valence-electron chi connectivity index (χ2n) is 6.05. The zero-order valence-corrected chi connectivity index (χ0v) is 14.1. The van der Waals surface area contributed by atoms with E-state index in [0.717, 1.165) is 24.2 Å². The van der Waals surface area contributed by atoms with Crippen molar-refractivity contribution in [2.24, 2.45) is 0 Å². The molecule has 0 aliphatic rings. The van der Waals surface area contributed by atoms with E-state index in [2.05, 4.69) is 13.0 Å². The van der Waals surface area contributed by atoms with Gasteiger partial charge in [0.25, 0.3) is 0 Å². The molecule has 0 aliphatic heterocycles. The van der Waals surface area contributed by atoms with Gasteiger partial charge in [0.15, 0.2) is 11.5 Å². The number of ether oxygens (including phenoxy) is 1. The number of para-hydroxylation sites is 2. The zero-order valence-electron chi connectivity index (χ0n) is 14.1. The fraction of sp³-hybridized carbons (Fsp3) is 0.429. The predicted octanol–water partition coefficient (Wildman–Crippen LogP) is 6.48. The van der Waals surface area contributed by atoms with Gasteiger partial charge in [-0.25, -0.2) is 0 Å². The maximum absolute atomic E-state index is 10.1. The first-order valence-electron chi connectivity index (χ1n) is 8.85. The van der Waals surface area contributed by atoms with Gasteiger partial charge in [-0.15, -0.1) is 0 Å². The lowest BCUT2D eigenvalue weighted by atomic mass is 10.0. The molecule has 0 aliphatic carbocycles. The minimum absolute atomic E-state index is 0.217. The quantitative estimate of drug-likeness (QED) is 0.509. The van der Waals surface area contributed by atoms with Crippen molar-refractivity contribution in [3.8, 4) is 17.2 Å². The third-order valence-electron chi connectivity index (χ3n) is 4.09. The van der Waals surface area contributed by atoms with Crippen molar-refractivity contribution in [3.63, 3.8) is 0 Å². The molecule has 0 unspecified atom stereocenters. The predicted molar refractivity (Wildman–Crippen MR) is 96.3 cm³/mol. The number of phenols is 1. The van der Waals surface area contributed by atoms with E-state index in [0.29, 0.717) is 5.75 Å². The first-order chi connectivity index (χ1) is 11.3. The number of phenolic OH excluding ortho intramolecular Hbond substituents is 1. The van der Waals surface area contributed by atoms with E-state index in [9.17, 15) is 5.11 Å². The molecule has 0 heterocycles. The number of rotatable bonds is 10. The van der Waals surface area contributed by atoms with E-state index in [-0.39, 0.29) is 5.75 Å². The van der Waals surface area contributed by atoms with Crippen molar-refractivity contribution < 1.29 is 9.84 Å². The van der Waals surface area contributed by atoms with Gasteiger partial charge < -0.3 is 9.84 Å². The number of aromatic hydroxyl groups is 1. The molecule has 0 saturated carbocycles. The number of unbranched alkanes of at least 4 members (excludes halogenated alkanes) is 6. The topological polar surface area (TPSA) is 29.5 Å². The second kappa shape index (κ2) is 9.94. The largest absolute Gasteiger partial charge is 0.504 e. The van der Waals surface area contributed by atoms with E-state index in [1.165, 1.54) is 38.5 Å². The van der Waals surface area contributed by atoms with E-state index in [1.807, 2.05) is 36.4 Å². The van der Waals surface area contributed by atoms with Crippen molar-refractivity contribution in [2.45, 2.75) is 58.3 Å². The Morgan fingerprint density at radius 3 is 2.22 bits per heavy atom. The summed E-state index contributed by atoms with van der Waals surface area (Å²) in [5, 5.41) is 10.1. The summed E-state index contributed by atoms with van der Waals surface area (Å²) >= 11 is 0. The fourth-order valence-corrected chi connectivity index (χ4v) is 2.76. The van der Waals surface area contributed by atoms with Gasteiger partial charge in [-0.05, 0) is 36.6 Å². The van der Waals surface area contributed by atoms with Gasteiger partial charge in [-0.1, -0.05) is 75.8 Å². The van der Waals surface area contributed by atoms with Gasteiger partial charge in [0.05, 0.1) is 0 Å². The van der Waals surface area contributed by atoms with Gasteiger partial charge in [-0.3, -0.25) is 0 Å². The highest BCUT2D eigenvalue weighted by atomic mass is 16.5. The first kappa shape index (κ1) is 17.4. The minimum atomic E-state index is 0.217. The van der Waals surface area contributed by atoms with Crippen LogP contribution in [-0.4, -0.2) is 5.11 Å². The van der Waals surface area contributed by atoms with Gasteiger partial charge in [-0.2, -0.15) is 0 Å². The second-order valence-corrected chi connectivity index (χ2v) is 6.05. The van der Waals surface area contributed by atoms with Crippen molar-refractivity contribution in [3.05, 3.63) is 54.1 Å². The van der Waals surface area contributed by atoms with E-state index >= 15 is 0 Å². The Bertz CT molecular complexity index is 563. The van der Waals surface area contributed by atoms with Crippen LogP contribution in [0.25, 0.3) is 0 Å². The van der Waals surface area contributed by atoms with E-state index in [1.54, 1.807) is 6.07 Å². The number of aryl methyl sites for hydroxylation is 1. The van der Waals surface area contributed by atoms with Crippen LogP contribution in [0.4, 0.5) is 0 Å². The third kappa shape index (κ3) is 5.97. The van der Waals surface area contributed by atoms with Crippen LogP contribution in [0.5, 0.6) is 17.2 Å². The van der Waals surface area contributed by atoms with Crippen LogP contribution in [0.15, 0.2) is 48.5 Å². The highest BCUT2D eigenvalue weighted by molar-refractivity contribution is 5.48. The molecule has 2 nitrogen and oxygen atoms in total. The molecule has 0 atom stereocenters. The van der Waals surface area contributed by atoms with Gasteiger partial charge in [0, 0.05) is 0 Å². The SMILES string of the molecule is CCCCCCCCCc1cccc(O)c1Oc1ccccc1. The Kier molecular flexibility index (Phi) is 7.51. The Labute approximate surface area is 140 Å². The standard InChI is InChI=1S/C21H28O2/c1-2-3-4-5-6-7-9-13-18-14-12-17-20(22)21(18)23-19-15-10-8-11-16-19/h8,10-12,14-17,22H,2-7,9,13H2,1H3. The maximum atomic E-state index is 10.1. The lowest BCUT2D eigenvalue weighted by Crippen LogP contribution is -1.93. The van der Waals surface area contributed by atoms with Crippen LogP contribution in [0.2, 0.25) is 0 Å². The van der Waals surface area contributed by atoms with Crippen molar-refractivity contribution in [1.29, 1.82) is 0 Å². The average molecular weight is 312 g/mol. The summed E-state index contributed by atoms with van der Waals surface area (Å²) in [6.07, 6.45) is 9.96. The van der Waals surface area contributed by atoms with Gasteiger partial charge in [0.2, 0.25) is 0 Å². The molecule has 23 heavy (non-hydrogen) atoms. The van der Waals surface area contributed by atoms with Crippen molar-refractivity contribution in [2.75, 3.05) is 0 Å². The summed E-state index contributed by atoms with van der Waals surface area (Å²) in [5.41, 5.74) is 1.09. The van der Waals surface area contributed by atoms with Gasteiger partial charge in [0.1, 0.15) is 5.75 Å². The summed E-state index contributed by atoms with van der Waals surface area (Å²) in [4.78, 5) is 0. The molecular weight excluding hydrogens is 284 g/mol. The summed E-state index contributed by atoms with van der Waals surface area (Å²) in [6.45, 7) is 2.25. The monoisotopic (exact) mass is 312 g/mol. The molecule has 0 spiro atoms. The highest BCUT2D eigenvalue weighted by Gasteiger charge is 2.10.